The number of aromatic nitrogens is 4. The summed E-state index contributed by atoms with van der Waals surface area (Å²) in [6.45, 7) is 1.99. The third kappa shape index (κ3) is 3.14. The Labute approximate surface area is 120 Å². The molecule has 7 nitrogen and oxygen atoms in total. The summed E-state index contributed by atoms with van der Waals surface area (Å²) >= 11 is 0. The number of ether oxygens (including phenoxy) is 1. The van der Waals surface area contributed by atoms with Gasteiger partial charge in [0.25, 0.3) is 5.89 Å². The molecule has 2 heterocycles. The number of aryl methyl sites for hydroxylation is 1. The van der Waals surface area contributed by atoms with Gasteiger partial charge in [0, 0.05) is 11.8 Å². The van der Waals surface area contributed by atoms with Gasteiger partial charge in [-0.15, -0.1) is 0 Å². The number of anilines is 1. The van der Waals surface area contributed by atoms with Gasteiger partial charge in [-0.3, -0.25) is 0 Å². The van der Waals surface area contributed by atoms with Crippen molar-refractivity contribution in [2.45, 2.75) is 13.5 Å². The topological polar surface area (TPSA) is 100.0 Å². The quantitative estimate of drug-likeness (QED) is 0.781. The van der Waals surface area contributed by atoms with E-state index in [0.29, 0.717) is 29.1 Å². The van der Waals surface area contributed by atoms with Crippen molar-refractivity contribution in [3.63, 3.8) is 0 Å². The first-order valence-electron chi connectivity index (χ1n) is 6.31. The van der Waals surface area contributed by atoms with E-state index in [0.717, 1.165) is 5.56 Å². The standard InChI is InChI=1S/C14H13N5O2/c1-9-17-13(21-19-9)8-20-11-4-2-10(3-5-11)14-16-7-6-12(15)18-14/h2-7H,8H2,1H3,(H2,15,16,18). The first-order chi connectivity index (χ1) is 10.2. The van der Waals surface area contributed by atoms with Gasteiger partial charge in [-0.1, -0.05) is 5.16 Å². The van der Waals surface area contributed by atoms with E-state index in [1.165, 1.54) is 0 Å². The second kappa shape index (κ2) is 5.58. The lowest BCUT2D eigenvalue weighted by atomic mass is 10.2. The fraction of sp³-hybridized carbons (Fsp3) is 0.143. The van der Waals surface area contributed by atoms with Crippen LogP contribution >= 0.6 is 0 Å². The molecule has 0 saturated heterocycles. The zero-order valence-electron chi connectivity index (χ0n) is 11.4. The van der Waals surface area contributed by atoms with Crippen molar-refractivity contribution in [2.24, 2.45) is 0 Å². The second-order valence-electron chi connectivity index (χ2n) is 4.35. The van der Waals surface area contributed by atoms with E-state index in [4.69, 9.17) is 15.0 Å². The van der Waals surface area contributed by atoms with Gasteiger partial charge in [0.15, 0.2) is 18.3 Å². The van der Waals surface area contributed by atoms with Crippen LogP contribution in [0.4, 0.5) is 5.82 Å². The molecule has 3 rings (SSSR count). The van der Waals surface area contributed by atoms with E-state index < -0.39 is 0 Å². The van der Waals surface area contributed by atoms with Gasteiger partial charge in [-0.2, -0.15) is 4.98 Å². The molecule has 0 aliphatic rings. The summed E-state index contributed by atoms with van der Waals surface area (Å²) in [5.41, 5.74) is 6.50. The summed E-state index contributed by atoms with van der Waals surface area (Å²) < 4.78 is 10.5. The maximum absolute atomic E-state index is 5.64. The Balaban J connectivity index is 1.69. The smallest absolute Gasteiger partial charge is 0.264 e. The molecule has 0 bridgehead atoms. The van der Waals surface area contributed by atoms with Crippen molar-refractivity contribution in [1.29, 1.82) is 0 Å². The predicted molar refractivity (Wildman–Crippen MR) is 75.2 cm³/mol. The highest BCUT2D eigenvalue weighted by Gasteiger charge is 2.05. The summed E-state index contributed by atoms with van der Waals surface area (Å²) in [6, 6.07) is 9.02. The molecule has 3 aromatic rings. The zero-order valence-corrected chi connectivity index (χ0v) is 11.4. The number of rotatable bonds is 4. The van der Waals surface area contributed by atoms with Crippen LogP contribution in [0.15, 0.2) is 41.1 Å². The van der Waals surface area contributed by atoms with Crippen molar-refractivity contribution in [2.75, 3.05) is 5.73 Å². The van der Waals surface area contributed by atoms with Gasteiger partial charge in [0.2, 0.25) is 0 Å². The van der Waals surface area contributed by atoms with Crippen molar-refractivity contribution in [1.82, 2.24) is 20.1 Å². The number of nitrogens with zero attached hydrogens (tertiary/aromatic N) is 4. The fourth-order valence-corrected chi connectivity index (χ4v) is 1.76. The Morgan fingerprint density at radius 1 is 1.14 bits per heavy atom. The van der Waals surface area contributed by atoms with Crippen LogP contribution in [0.5, 0.6) is 5.75 Å². The molecule has 1 aromatic carbocycles. The average molecular weight is 283 g/mol. The van der Waals surface area contributed by atoms with E-state index in [1.807, 2.05) is 24.3 Å². The SMILES string of the molecule is Cc1noc(COc2ccc(-c3nccc(N)n3)cc2)n1. The Morgan fingerprint density at radius 3 is 2.62 bits per heavy atom. The first kappa shape index (κ1) is 13.0. The fourth-order valence-electron chi connectivity index (χ4n) is 1.76. The minimum atomic E-state index is 0.231. The monoisotopic (exact) mass is 283 g/mol. The molecule has 106 valence electrons. The molecule has 0 saturated carbocycles. The summed E-state index contributed by atoms with van der Waals surface area (Å²) in [7, 11) is 0. The largest absolute Gasteiger partial charge is 0.484 e. The molecule has 0 spiro atoms. The maximum Gasteiger partial charge on any atom is 0.264 e. The molecule has 0 aliphatic carbocycles. The van der Waals surface area contributed by atoms with Crippen molar-refractivity contribution < 1.29 is 9.26 Å². The Kier molecular flexibility index (Phi) is 3.46. The Morgan fingerprint density at radius 2 is 1.95 bits per heavy atom. The van der Waals surface area contributed by atoms with Gasteiger partial charge < -0.3 is 15.0 Å². The lowest BCUT2D eigenvalue weighted by molar-refractivity contribution is 0.242. The number of benzene rings is 1. The molecule has 7 heteroatoms. The Hall–Kier alpha value is -2.96. The highest BCUT2D eigenvalue weighted by Crippen LogP contribution is 2.20. The van der Waals surface area contributed by atoms with Gasteiger partial charge in [0.1, 0.15) is 11.6 Å². The van der Waals surface area contributed by atoms with Crippen LogP contribution in [-0.4, -0.2) is 20.1 Å². The van der Waals surface area contributed by atoms with Crippen molar-refractivity contribution in [3.8, 4) is 17.1 Å². The van der Waals surface area contributed by atoms with E-state index in [2.05, 4.69) is 20.1 Å². The number of nitrogen functional groups attached to an aromatic ring is 1. The summed E-state index contributed by atoms with van der Waals surface area (Å²) in [5, 5.41) is 3.70. The minimum absolute atomic E-state index is 0.231. The van der Waals surface area contributed by atoms with Crippen LogP contribution in [0.1, 0.15) is 11.7 Å². The predicted octanol–water partition coefficient (Wildman–Crippen LogP) is 2.00. The summed E-state index contributed by atoms with van der Waals surface area (Å²) in [4.78, 5) is 12.4. The molecule has 2 aromatic heterocycles. The minimum Gasteiger partial charge on any atom is -0.484 e. The van der Waals surface area contributed by atoms with Gasteiger partial charge in [-0.25, -0.2) is 9.97 Å². The molecule has 2 N–H and O–H groups in total. The molecule has 0 amide bonds. The van der Waals surface area contributed by atoms with Crippen molar-refractivity contribution >= 4 is 5.82 Å². The third-order valence-corrected chi connectivity index (χ3v) is 2.72. The highest BCUT2D eigenvalue weighted by atomic mass is 16.5. The molecule has 0 radical (unpaired) electrons. The second-order valence-corrected chi connectivity index (χ2v) is 4.35. The first-order valence-corrected chi connectivity index (χ1v) is 6.31. The molecule has 0 atom stereocenters. The normalized spacial score (nSPS) is 10.5. The molecule has 21 heavy (non-hydrogen) atoms. The molecular formula is C14H13N5O2. The average Bonchev–Trinajstić information content (AvgIpc) is 2.91. The summed E-state index contributed by atoms with van der Waals surface area (Å²) in [6.07, 6.45) is 1.62. The molecule has 0 unspecified atom stereocenters. The lowest BCUT2D eigenvalue weighted by Crippen LogP contribution is -1.96. The van der Waals surface area contributed by atoms with E-state index >= 15 is 0 Å². The molecule has 0 fully saturated rings. The molecular weight excluding hydrogens is 270 g/mol. The Bertz CT molecular complexity index is 739. The summed E-state index contributed by atoms with van der Waals surface area (Å²) in [5.74, 6) is 2.73. The van der Waals surface area contributed by atoms with Crippen LogP contribution in [-0.2, 0) is 6.61 Å². The van der Waals surface area contributed by atoms with Crippen LogP contribution in [0, 0.1) is 6.92 Å². The number of hydrogen-bond donors (Lipinski definition) is 1. The van der Waals surface area contributed by atoms with Crippen molar-refractivity contribution in [3.05, 3.63) is 48.2 Å². The van der Waals surface area contributed by atoms with Crippen LogP contribution in [0.3, 0.4) is 0 Å². The number of nitrogens with two attached hydrogens (primary N) is 1. The highest BCUT2D eigenvalue weighted by molar-refractivity contribution is 5.57. The van der Waals surface area contributed by atoms with Crippen LogP contribution in [0.25, 0.3) is 11.4 Å². The molecule has 0 aliphatic heterocycles. The van der Waals surface area contributed by atoms with Gasteiger partial charge in [0.05, 0.1) is 0 Å². The van der Waals surface area contributed by atoms with E-state index in [-0.39, 0.29) is 6.61 Å². The zero-order chi connectivity index (χ0) is 14.7. The number of hydrogen-bond acceptors (Lipinski definition) is 7. The van der Waals surface area contributed by atoms with Crippen LogP contribution < -0.4 is 10.5 Å². The van der Waals surface area contributed by atoms with E-state index in [1.54, 1.807) is 19.2 Å². The van der Waals surface area contributed by atoms with Gasteiger partial charge >= 0.3 is 0 Å². The van der Waals surface area contributed by atoms with Gasteiger partial charge in [-0.05, 0) is 37.3 Å². The third-order valence-electron chi connectivity index (χ3n) is 2.72. The maximum atomic E-state index is 5.64. The van der Waals surface area contributed by atoms with E-state index in [9.17, 15) is 0 Å². The van der Waals surface area contributed by atoms with Crippen LogP contribution in [0.2, 0.25) is 0 Å². The lowest BCUT2D eigenvalue weighted by Gasteiger charge is -2.05.